The summed E-state index contributed by atoms with van der Waals surface area (Å²) in [5, 5.41) is 12.7. The van der Waals surface area contributed by atoms with Crippen molar-refractivity contribution in [1.29, 1.82) is 0 Å². The van der Waals surface area contributed by atoms with E-state index in [0.29, 0.717) is 5.56 Å². The standard InChI is InChI=1S/C16H17NO2/c1-12(19)14-9-5-6-10-15(14)17-16(11-18)13-7-3-2-4-8-13/h2-10,16-18H,11H2,1H3. The van der Waals surface area contributed by atoms with Gasteiger partial charge in [0.05, 0.1) is 12.6 Å². The van der Waals surface area contributed by atoms with Crippen LogP contribution in [0.1, 0.15) is 28.9 Å². The van der Waals surface area contributed by atoms with Crippen LogP contribution in [0.15, 0.2) is 54.6 Å². The van der Waals surface area contributed by atoms with Gasteiger partial charge in [0.2, 0.25) is 0 Å². The number of hydrogen-bond donors (Lipinski definition) is 2. The van der Waals surface area contributed by atoms with E-state index in [9.17, 15) is 9.90 Å². The van der Waals surface area contributed by atoms with Crippen molar-refractivity contribution < 1.29 is 9.90 Å². The van der Waals surface area contributed by atoms with Gasteiger partial charge in [-0.1, -0.05) is 42.5 Å². The summed E-state index contributed by atoms with van der Waals surface area (Å²) in [6.07, 6.45) is 0. The minimum Gasteiger partial charge on any atom is -0.394 e. The van der Waals surface area contributed by atoms with E-state index in [2.05, 4.69) is 5.32 Å². The topological polar surface area (TPSA) is 49.3 Å². The lowest BCUT2D eigenvalue weighted by molar-refractivity contribution is 0.101. The molecule has 2 aromatic carbocycles. The summed E-state index contributed by atoms with van der Waals surface area (Å²) in [5.74, 6) is 0.00727. The molecule has 0 heterocycles. The van der Waals surface area contributed by atoms with Crippen molar-refractivity contribution in [2.75, 3.05) is 11.9 Å². The normalized spacial score (nSPS) is 11.9. The summed E-state index contributed by atoms with van der Waals surface area (Å²) < 4.78 is 0. The molecule has 98 valence electrons. The lowest BCUT2D eigenvalue weighted by Crippen LogP contribution is -2.16. The van der Waals surface area contributed by atoms with E-state index in [0.717, 1.165) is 11.3 Å². The number of carbonyl (C=O) groups is 1. The number of anilines is 1. The average molecular weight is 255 g/mol. The number of ketones is 1. The van der Waals surface area contributed by atoms with E-state index in [4.69, 9.17) is 0 Å². The summed E-state index contributed by atoms with van der Waals surface area (Å²) in [7, 11) is 0. The van der Waals surface area contributed by atoms with Crippen LogP contribution in [0, 0.1) is 0 Å². The number of Topliss-reactive ketones (excluding diaryl/α,β-unsaturated/α-hetero) is 1. The maximum Gasteiger partial charge on any atom is 0.161 e. The number of aliphatic hydroxyl groups is 1. The van der Waals surface area contributed by atoms with Gasteiger partial charge >= 0.3 is 0 Å². The second kappa shape index (κ2) is 6.16. The third kappa shape index (κ3) is 3.20. The number of hydrogen-bond acceptors (Lipinski definition) is 3. The Balaban J connectivity index is 2.27. The molecule has 0 radical (unpaired) electrons. The van der Waals surface area contributed by atoms with Crippen molar-refractivity contribution >= 4 is 11.5 Å². The second-order valence-electron chi connectivity index (χ2n) is 4.39. The first-order valence-corrected chi connectivity index (χ1v) is 6.24. The van der Waals surface area contributed by atoms with Crippen LogP contribution < -0.4 is 5.32 Å². The first-order valence-electron chi connectivity index (χ1n) is 6.24. The summed E-state index contributed by atoms with van der Waals surface area (Å²) in [4.78, 5) is 11.6. The average Bonchev–Trinajstić information content (AvgIpc) is 2.46. The van der Waals surface area contributed by atoms with Gasteiger partial charge in [-0.05, 0) is 24.6 Å². The smallest absolute Gasteiger partial charge is 0.161 e. The molecule has 0 bridgehead atoms. The molecule has 2 N–H and O–H groups in total. The molecule has 0 aliphatic heterocycles. The zero-order valence-electron chi connectivity index (χ0n) is 10.8. The van der Waals surface area contributed by atoms with Crippen LogP contribution in [0.2, 0.25) is 0 Å². The summed E-state index contributed by atoms with van der Waals surface area (Å²) >= 11 is 0. The van der Waals surface area contributed by atoms with E-state index in [1.54, 1.807) is 6.07 Å². The molecule has 2 rings (SSSR count). The number of aliphatic hydroxyl groups excluding tert-OH is 1. The van der Waals surface area contributed by atoms with E-state index in [1.807, 2.05) is 48.5 Å². The van der Waals surface area contributed by atoms with E-state index >= 15 is 0 Å². The summed E-state index contributed by atoms with van der Waals surface area (Å²) in [5.41, 5.74) is 2.37. The predicted molar refractivity (Wildman–Crippen MR) is 76.3 cm³/mol. The minimum absolute atomic E-state index is 0.00727. The number of carbonyl (C=O) groups excluding carboxylic acids is 1. The maximum atomic E-state index is 11.6. The quantitative estimate of drug-likeness (QED) is 0.807. The van der Waals surface area contributed by atoms with Crippen LogP contribution >= 0.6 is 0 Å². The van der Waals surface area contributed by atoms with Crippen molar-refractivity contribution in [2.45, 2.75) is 13.0 Å². The molecule has 0 spiro atoms. The van der Waals surface area contributed by atoms with Gasteiger partial charge in [0.15, 0.2) is 5.78 Å². The Bertz CT molecular complexity index is 552. The van der Waals surface area contributed by atoms with Gasteiger partial charge in [-0.3, -0.25) is 4.79 Å². The van der Waals surface area contributed by atoms with Crippen LogP contribution in [0.4, 0.5) is 5.69 Å². The van der Waals surface area contributed by atoms with Crippen LogP contribution in [0.3, 0.4) is 0 Å². The Morgan fingerprint density at radius 1 is 1.11 bits per heavy atom. The molecule has 0 saturated carbocycles. The zero-order valence-corrected chi connectivity index (χ0v) is 10.8. The van der Waals surface area contributed by atoms with Gasteiger partial charge in [0.25, 0.3) is 0 Å². The maximum absolute atomic E-state index is 11.6. The molecule has 0 fully saturated rings. The second-order valence-corrected chi connectivity index (χ2v) is 4.39. The van der Waals surface area contributed by atoms with Crippen LogP contribution in [0.25, 0.3) is 0 Å². The first-order chi connectivity index (χ1) is 9.22. The molecule has 0 aliphatic carbocycles. The van der Waals surface area contributed by atoms with Crippen molar-refractivity contribution in [3.63, 3.8) is 0 Å². The highest BCUT2D eigenvalue weighted by Crippen LogP contribution is 2.22. The van der Waals surface area contributed by atoms with E-state index in [1.165, 1.54) is 6.92 Å². The highest BCUT2D eigenvalue weighted by molar-refractivity contribution is 5.99. The molecule has 0 saturated heterocycles. The number of para-hydroxylation sites is 1. The fraction of sp³-hybridized carbons (Fsp3) is 0.188. The Morgan fingerprint density at radius 3 is 2.37 bits per heavy atom. The highest BCUT2D eigenvalue weighted by Gasteiger charge is 2.13. The third-order valence-corrected chi connectivity index (χ3v) is 3.02. The molecule has 3 heteroatoms. The predicted octanol–water partition coefficient (Wildman–Crippen LogP) is 3.03. The number of nitrogens with one attached hydrogen (secondary N) is 1. The molecule has 1 unspecified atom stereocenters. The molecule has 0 amide bonds. The largest absolute Gasteiger partial charge is 0.394 e. The lowest BCUT2D eigenvalue weighted by Gasteiger charge is -2.19. The van der Waals surface area contributed by atoms with Gasteiger partial charge in [-0.25, -0.2) is 0 Å². The summed E-state index contributed by atoms with van der Waals surface area (Å²) in [6.45, 7) is 1.51. The molecule has 3 nitrogen and oxygen atoms in total. The van der Waals surface area contributed by atoms with E-state index < -0.39 is 0 Å². The Kier molecular flexibility index (Phi) is 4.31. The lowest BCUT2D eigenvalue weighted by atomic mass is 10.0. The first kappa shape index (κ1) is 13.3. The van der Waals surface area contributed by atoms with Gasteiger partial charge in [0, 0.05) is 11.3 Å². The van der Waals surface area contributed by atoms with Crippen molar-refractivity contribution in [3.05, 3.63) is 65.7 Å². The molecule has 2 aromatic rings. The summed E-state index contributed by atoms with van der Waals surface area (Å²) in [6, 6.07) is 16.8. The Labute approximate surface area is 112 Å². The number of benzene rings is 2. The molecule has 0 aliphatic rings. The van der Waals surface area contributed by atoms with Gasteiger partial charge in [-0.2, -0.15) is 0 Å². The fourth-order valence-corrected chi connectivity index (χ4v) is 2.02. The SMILES string of the molecule is CC(=O)c1ccccc1NC(CO)c1ccccc1. The zero-order chi connectivity index (χ0) is 13.7. The Morgan fingerprint density at radius 2 is 1.74 bits per heavy atom. The molecule has 0 aromatic heterocycles. The van der Waals surface area contributed by atoms with Crippen LogP contribution in [0.5, 0.6) is 0 Å². The van der Waals surface area contributed by atoms with Gasteiger partial charge < -0.3 is 10.4 Å². The van der Waals surface area contributed by atoms with Crippen molar-refractivity contribution in [2.24, 2.45) is 0 Å². The molecular weight excluding hydrogens is 238 g/mol. The van der Waals surface area contributed by atoms with Crippen LogP contribution in [-0.4, -0.2) is 17.5 Å². The number of rotatable bonds is 5. The molecule has 19 heavy (non-hydrogen) atoms. The third-order valence-electron chi connectivity index (χ3n) is 3.02. The molecule has 1 atom stereocenters. The van der Waals surface area contributed by atoms with E-state index in [-0.39, 0.29) is 18.4 Å². The Hall–Kier alpha value is -2.13. The van der Waals surface area contributed by atoms with Gasteiger partial charge in [-0.15, -0.1) is 0 Å². The fourth-order valence-electron chi connectivity index (χ4n) is 2.02. The molecular formula is C16H17NO2. The monoisotopic (exact) mass is 255 g/mol. The minimum atomic E-state index is -0.221. The van der Waals surface area contributed by atoms with Crippen molar-refractivity contribution in [1.82, 2.24) is 0 Å². The van der Waals surface area contributed by atoms with Crippen molar-refractivity contribution in [3.8, 4) is 0 Å². The highest BCUT2D eigenvalue weighted by atomic mass is 16.3. The van der Waals surface area contributed by atoms with Crippen LogP contribution in [-0.2, 0) is 0 Å². The van der Waals surface area contributed by atoms with Gasteiger partial charge in [0.1, 0.15) is 0 Å².